The molecule has 0 amide bonds. The molecule has 2 rings (SSSR count). The highest BCUT2D eigenvalue weighted by Gasteiger charge is 2.45. The van der Waals surface area contributed by atoms with Crippen LogP contribution in [0.3, 0.4) is 0 Å². The molecular formula is C15H20O4. The summed E-state index contributed by atoms with van der Waals surface area (Å²) < 4.78 is 15.6. The Morgan fingerprint density at radius 1 is 1.21 bits per heavy atom. The fraction of sp³-hybridized carbons (Fsp3) is 0.533. The number of benzene rings is 1. The summed E-state index contributed by atoms with van der Waals surface area (Å²) in [5, 5.41) is 0. The van der Waals surface area contributed by atoms with Crippen LogP contribution < -0.4 is 9.47 Å². The zero-order valence-electron chi connectivity index (χ0n) is 11.4. The normalized spacial score (nSPS) is 20.9. The van der Waals surface area contributed by atoms with Gasteiger partial charge in [-0.15, -0.1) is 0 Å². The van der Waals surface area contributed by atoms with Gasteiger partial charge in [0.25, 0.3) is 0 Å². The number of carbonyl (C=O) groups is 1. The molecule has 0 aliphatic carbocycles. The summed E-state index contributed by atoms with van der Waals surface area (Å²) in [7, 11) is 1.60. The maximum Gasteiger partial charge on any atom is 0.343 e. The first kappa shape index (κ1) is 13.9. The third-order valence-electron chi connectivity index (χ3n) is 3.18. The Kier molecular flexibility index (Phi) is 4.80. The van der Waals surface area contributed by atoms with E-state index < -0.39 is 0 Å². The van der Waals surface area contributed by atoms with Crippen molar-refractivity contribution in [1.82, 2.24) is 0 Å². The summed E-state index contributed by atoms with van der Waals surface area (Å²) in [6.07, 6.45) is 4.08. The van der Waals surface area contributed by atoms with Gasteiger partial charge < -0.3 is 14.2 Å². The number of rotatable bonds is 7. The molecule has 1 aliphatic heterocycles. The van der Waals surface area contributed by atoms with E-state index >= 15 is 0 Å². The highest BCUT2D eigenvalue weighted by molar-refractivity contribution is 5.80. The van der Waals surface area contributed by atoms with Crippen LogP contribution in [-0.2, 0) is 9.53 Å². The van der Waals surface area contributed by atoms with Crippen molar-refractivity contribution in [3.8, 4) is 11.5 Å². The summed E-state index contributed by atoms with van der Waals surface area (Å²) in [6.45, 7) is 2.16. The Balaban J connectivity index is 1.75. The Bertz CT molecular complexity index is 413. The molecule has 0 bridgehead atoms. The maximum atomic E-state index is 11.8. The van der Waals surface area contributed by atoms with Crippen molar-refractivity contribution in [2.24, 2.45) is 0 Å². The number of unbranched alkanes of at least 4 members (excludes halogenated alkanes) is 2. The second kappa shape index (κ2) is 6.57. The van der Waals surface area contributed by atoms with Gasteiger partial charge in [0.2, 0.25) is 0 Å². The van der Waals surface area contributed by atoms with Crippen LogP contribution in [0.4, 0.5) is 0 Å². The number of hydrogen-bond donors (Lipinski definition) is 0. The number of esters is 1. The molecule has 1 heterocycles. The summed E-state index contributed by atoms with van der Waals surface area (Å²) in [4.78, 5) is 11.8. The van der Waals surface area contributed by atoms with E-state index in [1.807, 2.05) is 0 Å². The van der Waals surface area contributed by atoms with E-state index in [0.717, 1.165) is 18.6 Å². The molecule has 1 aromatic carbocycles. The van der Waals surface area contributed by atoms with Crippen LogP contribution in [0.15, 0.2) is 24.3 Å². The molecule has 1 aromatic rings. The fourth-order valence-electron chi connectivity index (χ4n) is 1.98. The Hall–Kier alpha value is -1.55. The van der Waals surface area contributed by atoms with E-state index in [2.05, 4.69) is 6.92 Å². The van der Waals surface area contributed by atoms with Gasteiger partial charge in [0.1, 0.15) is 11.5 Å². The topological polar surface area (TPSA) is 48.1 Å². The van der Waals surface area contributed by atoms with Crippen molar-refractivity contribution in [3.05, 3.63) is 24.3 Å². The molecule has 0 saturated carbocycles. The molecule has 104 valence electrons. The van der Waals surface area contributed by atoms with Crippen molar-refractivity contribution in [3.63, 3.8) is 0 Å². The largest absolute Gasteiger partial charge is 0.497 e. The van der Waals surface area contributed by atoms with E-state index in [-0.39, 0.29) is 18.2 Å². The van der Waals surface area contributed by atoms with Crippen molar-refractivity contribution >= 4 is 5.97 Å². The van der Waals surface area contributed by atoms with Crippen LogP contribution in [0.2, 0.25) is 0 Å². The minimum Gasteiger partial charge on any atom is -0.497 e. The lowest BCUT2D eigenvalue weighted by Crippen LogP contribution is -2.17. The van der Waals surface area contributed by atoms with Gasteiger partial charge in [-0.05, 0) is 30.7 Å². The minimum absolute atomic E-state index is 0.0531. The van der Waals surface area contributed by atoms with Gasteiger partial charge >= 0.3 is 5.97 Å². The Labute approximate surface area is 113 Å². The molecule has 1 fully saturated rings. The van der Waals surface area contributed by atoms with E-state index in [1.165, 1.54) is 12.8 Å². The predicted molar refractivity (Wildman–Crippen MR) is 71.4 cm³/mol. The molecular weight excluding hydrogens is 244 g/mol. The van der Waals surface area contributed by atoms with Crippen LogP contribution in [0, 0.1) is 0 Å². The number of hydrogen-bond acceptors (Lipinski definition) is 4. The molecule has 0 unspecified atom stereocenters. The first-order chi connectivity index (χ1) is 9.24. The zero-order valence-corrected chi connectivity index (χ0v) is 11.4. The lowest BCUT2D eigenvalue weighted by atomic mass is 10.1. The molecule has 0 N–H and O–H groups in total. The molecule has 2 atom stereocenters. The lowest BCUT2D eigenvalue weighted by Gasteiger charge is -2.03. The van der Waals surface area contributed by atoms with Crippen LogP contribution in [0.25, 0.3) is 0 Å². The number of epoxide rings is 1. The van der Waals surface area contributed by atoms with Crippen LogP contribution in [0.5, 0.6) is 11.5 Å². The third kappa shape index (κ3) is 3.96. The number of ether oxygens (including phenoxy) is 3. The maximum absolute atomic E-state index is 11.8. The molecule has 0 radical (unpaired) electrons. The van der Waals surface area contributed by atoms with Gasteiger partial charge in [0, 0.05) is 0 Å². The van der Waals surface area contributed by atoms with E-state index in [4.69, 9.17) is 14.2 Å². The second-order valence-corrected chi connectivity index (χ2v) is 4.69. The van der Waals surface area contributed by atoms with Crippen molar-refractivity contribution in [1.29, 1.82) is 0 Å². The minimum atomic E-state index is -0.376. The highest BCUT2D eigenvalue weighted by Crippen LogP contribution is 2.29. The molecule has 4 nitrogen and oxygen atoms in total. The summed E-state index contributed by atoms with van der Waals surface area (Å²) in [5.74, 6) is 0.959. The summed E-state index contributed by atoms with van der Waals surface area (Å²) in [5.41, 5.74) is 0. The molecule has 4 heteroatoms. The van der Waals surface area contributed by atoms with Gasteiger partial charge in [-0.25, -0.2) is 4.79 Å². The molecule has 1 saturated heterocycles. The number of carbonyl (C=O) groups excluding carboxylic acids is 1. The first-order valence-corrected chi connectivity index (χ1v) is 6.75. The van der Waals surface area contributed by atoms with Gasteiger partial charge in [0.05, 0.1) is 13.2 Å². The number of methoxy groups -OCH3 is 1. The van der Waals surface area contributed by atoms with Crippen LogP contribution in [-0.4, -0.2) is 25.3 Å². The molecule has 1 aliphatic rings. The molecule has 0 aromatic heterocycles. The average Bonchev–Trinajstić information content (AvgIpc) is 3.20. The second-order valence-electron chi connectivity index (χ2n) is 4.69. The standard InChI is InChI=1S/C15H20O4/c1-3-4-5-6-13-14(19-13)15(16)18-12-9-7-11(17-2)8-10-12/h7-10,13-14H,3-6H2,1-2H3/t13-,14+/m1/s1. The van der Waals surface area contributed by atoms with E-state index in [9.17, 15) is 4.79 Å². The Morgan fingerprint density at radius 2 is 1.89 bits per heavy atom. The summed E-state index contributed by atoms with van der Waals surface area (Å²) >= 11 is 0. The highest BCUT2D eigenvalue weighted by atomic mass is 16.6. The smallest absolute Gasteiger partial charge is 0.343 e. The van der Waals surface area contributed by atoms with Gasteiger partial charge in [-0.3, -0.25) is 0 Å². The first-order valence-electron chi connectivity index (χ1n) is 6.75. The van der Waals surface area contributed by atoms with E-state index in [1.54, 1.807) is 31.4 Å². The van der Waals surface area contributed by atoms with Gasteiger partial charge in [-0.1, -0.05) is 26.2 Å². The van der Waals surface area contributed by atoms with Crippen LogP contribution in [0.1, 0.15) is 32.6 Å². The quantitative estimate of drug-likeness (QED) is 0.329. The van der Waals surface area contributed by atoms with Crippen LogP contribution >= 0.6 is 0 Å². The molecule has 19 heavy (non-hydrogen) atoms. The third-order valence-corrected chi connectivity index (χ3v) is 3.18. The summed E-state index contributed by atoms with van der Waals surface area (Å²) in [6, 6.07) is 6.95. The van der Waals surface area contributed by atoms with Gasteiger partial charge in [0.15, 0.2) is 6.10 Å². The van der Waals surface area contributed by atoms with Crippen molar-refractivity contribution in [2.45, 2.75) is 44.8 Å². The average molecular weight is 264 g/mol. The predicted octanol–water partition coefficient (Wildman–Crippen LogP) is 2.95. The van der Waals surface area contributed by atoms with Crippen molar-refractivity contribution in [2.75, 3.05) is 7.11 Å². The monoisotopic (exact) mass is 264 g/mol. The molecule has 0 spiro atoms. The SMILES string of the molecule is CCCCC[C@H]1O[C@@H]1C(=O)Oc1ccc(OC)cc1. The van der Waals surface area contributed by atoms with E-state index in [0.29, 0.717) is 5.75 Å². The lowest BCUT2D eigenvalue weighted by molar-refractivity contribution is -0.135. The Morgan fingerprint density at radius 3 is 2.53 bits per heavy atom. The zero-order chi connectivity index (χ0) is 13.7. The fourth-order valence-corrected chi connectivity index (χ4v) is 1.98. The van der Waals surface area contributed by atoms with Gasteiger partial charge in [-0.2, -0.15) is 0 Å². The van der Waals surface area contributed by atoms with Crippen molar-refractivity contribution < 1.29 is 19.0 Å².